The van der Waals surface area contributed by atoms with E-state index in [2.05, 4.69) is 6.92 Å². The zero-order valence-electron chi connectivity index (χ0n) is 7.88. The van der Waals surface area contributed by atoms with Gasteiger partial charge < -0.3 is 10.5 Å². The highest BCUT2D eigenvalue weighted by Crippen LogP contribution is 2.46. The van der Waals surface area contributed by atoms with E-state index in [0.29, 0.717) is 0 Å². The fourth-order valence-electron chi connectivity index (χ4n) is 2.28. The Hall–Kier alpha value is -0.0800. The van der Waals surface area contributed by atoms with Gasteiger partial charge >= 0.3 is 0 Å². The SMILES string of the molecule is CC1CC1(N)CC1CCOCC1. The minimum absolute atomic E-state index is 0.210. The van der Waals surface area contributed by atoms with Gasteiger partial charge in [-0.25, -0.2) is 0 Å². The number of nitrogens with two attached hydrogens (primary N) is 1. The first kappa shape index (κ1) is 8.52. The molecule has 2 nitrogen and oxygen atoms in total. The molecule has 0 aromatic carbocycles. The third-order valence-corrected chi connectivity index (χ3v) is 3.52. The van der Waals surface area contributed by atoms with Crippen LogP contribution >= 0.6 is 0 Å². The van der Waals surface area contributed by atoms with Crippen molar-refractivity contribution in [3.63, 3.8) is 0 Å². The molecule has 1 saturated heterocycles. The normalized spacial score (nSPS) is 43.0. The van der Waals surface area contributed by atoms with Gasteiger partial charge in [-0.1, -0.05) is 6.92 Å². The molecule has 2 atom stereocenters. The predicted octanol–water partition coefficient (Wildman–Crippen LogP) is 1.54. The van der Waals surface area contributed by atoms with Crippen molar-refractivity contribution in [3.8, 4) is 0 Å². The Bertz CT molecular complexity index is 165. The van der Waals surface area contributed by atoms with Crippen molar-refractivity contribution >= 4 is 0 Å². The lowest BCUT2D eigenvalue weighted by atomic mass is 9.91. The maximum Gasteiger partial charge on any atom is 0.0468 e. The highest BCUT2D eigenvalue weighted by molar-refractivity contribution is 5.06. The molecule has 0 aromatic rings. The molecule has 1 heterocycles. The van der Waals surface area contributed by atoms with Crippen LogP contribution in [0.2, 0.25) is 0 Å². The van der Waals surface area contributed by atoms with Gasteiger partial charge in [0.15, 0.2) is 0 Å². The number of hydrogen-bond donors (Lipinski definition) is 1. The standard InChI is InChI=1S/C10H19NO/c1-8-6-10(8,11)7-9-2-4-12-5-3-9/h8-9H,2-7,11H2,1H3. The van der Waals surface area contributed by atoms with Crippen LogP contribution in [0.1, 0.15) is 32.6 Å². The Labute approximate surface area is 74.5 Å². The van der Waals surface area contributed by atoms with Crippen LogP contribution in [0.3, 0.4) is 0 Å². The Morgan fingerprint density at radius 1 is 1.42 bits per heavy atom. The average Bonchev–Trinajstić information content (AvgIpc) is 2.61. The lowest BCUT2D eigenvalue weighted by molar-refractivity contribution is 0.0605. The number of rotatable bonds is 2. The van der Waals surface area contributed by atoms with Gasteiger partial charge in [0.2, 0.25) is 0 Å². The van der Waals surface area contributed by atoms with E-state index in [9.17, 15) is 0 Å². The van der Waals surface area contributed by atoms with Crippen LogP contribution in [-0.4, -0.2) is 18.8 Å². The molecule has 12 heavy (non-hydrogen) atoms. The first-order chi connectivity index (χ1) is 5.71. The van der Waals surface area contributed by atoms with Crippen LogP contribution in [0.15, 0.2) is 0 Å². The zero-order valence-corrected chi connectivity index (χ0v) is 7.88. The summed E-state index contributed by atoms with van der Waals surface area (Å²) in [5.74, 6) is 1.61. The molecule has 1 aliphatic carbocycles. The Morgan fingerprint density at radius 2 is 2.00 bits per heavy atom. The van der Waals surface area contributed by atoms with Crippen LogP contribution in [0, 0.1) is 11.8 Å². The fraction of sp³-hybridized carbons (Fsp3) is 1.00. The lowest BCUT2D eigenvalue weighted by Crippen LogP contribution is -2.30. The molecule has 2 rings (SSSR count). The molecule has 1 saturated carbocycles. The third kappa shape index (κ3) is 1.64. The molecule has 1 aliphatic heterocycles. The molecule has 0 aromatic heterocycles. The second-order valence-corrected chi connectivity index (χ2v) is 4.60. The van der Waals surface area contributed by atoms with Crippen LogP contribution in [0.25, 0.3) is 0 Å². The summed E-state index contributed by atoms with van der Waals surface area (Å²) in [6.45, 7) is 4.17. The summed E-state index contributed by atoms with van der Waals surface area (Å²) < 4.78 is 5.32. The van der Waals surface area contributed by atoms with E-state index in [1.165, 1.54) is 25.7 Å². The van der Waals surface area contributed by atoms with Crippen molar-refractivity contribution in [2.24, 2.45) is 17.6 Å². The van der Waals surface area contributed by atoms with Crippen LogP contribution < -0.4 is 5.73 Å². The third-order valence-electron chi connectivity index (χ3n) is 3.52. The van der Waals surface area contributed by atoms with Gasteiger partial charge in [-0.05, 0) is 37.5 Å². The molecule has 2 N–H and O–H groups in total. The minimum Gasteiger partial charge on any atom is -0.381 e. The van der Waals surface area contributed by atoms with Crippen molar-refractivity contribution in [1.29, 1.82) is 0 Å². The van der Waals surface area contributed by atoms with Crippen molar-refractivity contribution in [3.05, 3.63) is 0 Å². The maximum atomic E-state index is 6.18. The van der Waals surface area contributed by atoms with Crippen molar-refractivity contribution in [2.75, 3.05) is 13.2 Å². The molecule has 70 valence electrons. The van der Waals surface area contributed by atoms with Crippen molar-refractivity contribution in [2.45, 2.75) is 38.1 Å². The van der Waals surface area contributed by atoms with Crippen molar-refractivity contribution < 1.29 is 4.74 Å². The van der Waals surface area contributed by atoms with Gasteiger partial charge in [-0.15, -0.1) is 0 Å². The monoisotopic (exact) mass is 169 g/mol. The molecule has 2 heteroatoms. The minimum atomic E-state index is 0.210. The first-order valence-electron chi connectivity index (χ1n) is 5.07. The summed E-state index contributed by atoms with van der Waals surface area (Å²) in [5, 5.41) is 0. The van der Waals surface area contributed by atoms with E-state index >= 15 is 0 Å². The summed E-state index contributed by atoms with van der Waals surface area (Å²) in [6, 6.07) is 0. The molecular formula is C10H19NO. The molecule has 2 aliphatic rings. The van der Waals surface area contributed by atoms with Crippen LogP contribution in [0.4, 0.5) is 0 Å². The largest absolute Gasteiger partial charge is 0.381 e. The molecule has 2 fully saturated rings. The summed E-state index contributed by atoms with van der Waals surface area (Å²) in [7, 11) is 0. The topological polar surface area (TPSA) is 35.2 Å². The van der Waals surface area contributed by atoms with Gasteiger partial charge in [0, 0.05) is 18.8 Å². The van der Waals surface area contributed by atoms with E-state index in [0.717, 1.165) is 25.0 Å². The summed E-state index contributed by atoms with van der Waals surface area (Å²) in [6.07, 6.45) is 4.93. The Morgan fingerprint density at radius 3 is 2.50 bits per heavy atom. The zero-order chi connectivity index (χ0) is 8.60. The van der Waals surface area contributed by atoms with Gasteiger partial charge in [-0.2, -0.15) is 0 Å². The second-order valence-electron chi connectivity index (χ2n) is 4.60. The van der Waals surface area contributed by atoms with E-state index < -0.39 is 0 Å². The van der Waals surface area contributed by atoms with E-state index in [4.69, 9.17) is 10.5 Å². The molecule has 0 bridgehead atoms. The molecular weight excluding hydrogens is 150 g/mol. The quantitative estimate of drug-likeness (QED) is 0.680. The molecule has 0 spiro atoms. The average molecular weight is 169 g/mol. The molecule has 0 amide bonds. The highest BCUT2D eigenvalue weighted by atomic mass is 16.5. The van der Waals surface area contributed by atoms with E-state index in [-0.39, 0.29) is 5.54 Å². The number of ether oxygens (including phenoxy) is 1. The highest BCUT2D eigenvalue weighted by Gasteiger charge is 2.48. The number of hydrogen-bond acceptors (Lipinski definition) is 2. The Balaban J connectivity index is 1.78. The smallest absolute Gasteiger partial charge is 0.0468 e. The fourth-order valence-corrected chi connectivity index (χ4v) is 2.28. The summed E-state index contributed by atoms with van der Waals surface area (Å²) >= 11 is 0. The molecule has 0 radical (unpaired) electrons. The summed E-state index contributed by atoms with van der Waals surface area (Å²) in [4.78, 5) is 0. The molecule has 2 unspecified atom stereocenters. The van der Waals surface area contributed by atoms with Gasteiger partial charge in [-0.3, -0.25) is 0 Å². The van der Waals surface area contributed by atoms with Crippen LogP contribution in [-0.2, 0) is 4.74 Å². The van der Waals surface area contributed by atoms with Gasteiger partial charge in [0.1, 0.15) is 0 Å². The maximum absolute atomic E-state index is 6.18. The summed E-state index contributed by atoms with van der Waals surface area (Å²) in [5.41, 5.74) is 6.39. The first-order valence-corrected chi connectivity index (χ1v) is 5.07. The van der Waals surface area contributed by atoms with E-state index in [1.807, 2.05) is 0 Å². The van der Waals surface area contributed by atoms with Crippen LogP contribution in [0.5, 0.6) is 0 Å². The predicted molar refractivity (Wildman–Crippen MR) is 48.9 cm³/mol. The van der Waals surface area contributed by atoms with Gasteiger partial charge in [0.05, 0.1) is 0 Å². The Kier molecular flexibility index (Phi) is 2.13. The lowest BCUT2D eigenvalue weighted by Gasteiger charge is -2.25. The van der Waals surface area contributed by atoms with E-state index in [1.54, 1.807) is 0 Å². The van der Waals surface area contributed by atoms with Crippen molar-refractivity contribution in [1.82, 2.24) is 0 Å². The van der Waals surface area contributed by atoms with Gasteiger partial charge in [0.25, 0.3) is 0 Å². The second kappa shape index (κ2) is 3.00.